The van der Waals surface area contributed by atoms with Crippen molar-refractivity contribution in [3.63, 3.8) is 0 Å². The number of nitrogens with one attached hydrogen (secondary N) is 1. The van der Waals surface area contributed by atoms with Crippen LogP contribution in [0.4, 0.5) is 5.69 Å². The molecule has 1 N–H and O–H groups in total. The van der Waals surface area contributed by atoms with E-state index in [1.54, 1.807) is 48.5 Å². The molecular weight excluding hydrogens is 362 g/mol. The predicted octanol–water partition coefficient (Wildman–Crippen LogP) is 3.04. The summed E-state index contributed by atoms with van der Waals surface area (Å²) in [5.74, 6) is -0.901. The summed E-state index contributed by atoms with van der Waals surface area (Å²) in [5, 5.41) is 2.63. The van der Waals surface area contributed by atoms with Crippen LogP contribution in [0, 0.1) is 0 Å². The smallest absolute Gasteiger partial charge is 0.306 e. The summed E-state index contributed by atoms with van der Waals surface area (Å²) in [7, 11) is 1.49. The van der Waals surface area contributed by atoms with Crippen molar-refractivity contribution in [2.24, 2.45) is 0 Å². The number of ether oxygens (including phenoxy) is 2. The monoisotopic (exact) mass is 383 g/mol. The molecule has 0 radical (unpaired) electrons. The molecule has 2 rings (SSSR count). The van der Waals surface area contributed by atoms with Gasteiger partial charge < -0.3 is 14.8 Å². The molecule has 0 saturated carbocycles. The van der Waals surface area contributed by atoms with Crippen LogP contribution in [0.15, 0.2) is 48.5 Å². The van der Waals surface area contributed by atoms with Gasteiger partial charge in [-0.1, -0.05) is 12.1 Å². The topological polar surface area (TPSA) is 98.8 Å². The van der Waals surface area contributed by atoms with Crippen LogP contribution in [-0.2, 0) is 14.3 Å². The van der Waals surface area contributed by atoms with Gasteiger partial charge in [0, 0.05) is 23.2 Å². The Morgan fingerprint density at radius 1 is 0.929 bits per heavy atom. The van der Waals surface area contributed by atoms with E-state index in [2.05, 4.69) is 5.32 Å². The molecule has 7 nitrogen and oxygen atoms in total. The minimum atomic E-state index is -0.640. The van der Waals surface area contributed by atoms with Gasteiger partial charge in [0.25, 0.3) is 0 Å². The molecule has 0 aliphatic carbocycles. The van der Waals surface area contributed by atoms with Gasteiger partial charge in [-0.3, -0.25) is 19.2 Å². The number of methoxy groups -OCH3 is 1. The maximum Gasteiger partial charge on any atom is 0.306 e. The maximum absolute atomic E-state index is 12.0. The first-order valence-electron chi connectivity index (χ1n) is 8.63. The molecule has 7 heteroatoms. The Balaban J connectivity index is 1.74. The second-order valence-corrected chi connectivity index (χ2v) is 6.00. The Morgan fingerprint density at radius 3 is 2.29 bits per heavy atom. The van der Waals surface area contributed by atoms with E-state index >= 15 is 0 Å². The van der Waals surface area contributed by atoms with E-state index in [0.29, 0.717) is 22.6 Å². The van der Waals surface area contributed by atoms with E-state index in [0.717, 1.165) is 0 Å². The molecule has 0 aliphatic rings. The molecule has 0 aliphatic heterocycles. The molecule has 0 aromatic heterocycles. The molecule has 0 atom stereocenters. The first-order chi connectivity index (χ1) is 13.4. The van der Waals surface area contributed by atoms with Crippen LogP contribution < -0.4 is 10.1 Å². The van der Waals surface area contributed by atoms with E-state index in [4.69, 9.17) is 9.47 Å². The van der Waals surface area contributed by atoms with Crippen LogP contribution in [-0.4, -0.2) is 37.2 Å². The molecule has 0 saturated heterocycles. The van der Waals surface area contributed by atoms with Crippen molar-refractivity contribution in [1.82, 2.24) is 0 Å². The molecule has 2 aromatic carbocycles. The lowest BCUT2D eigenvalue weighted by Crippen LogP contribution is -2.17. The van der Waals surface area contributed by atoms with Crippen LogP contribution in [0.5, 0.6) is 5.75 Å². The summed E-state index contributed by atoms with van der Waals surface area (Å²) >= 11 is 0. The van der Waals surface area contributed by atoms with Gasteiger partial charge in [-0.25, -0.2) is 0 Å². The average molecular weight is 383 g/mol. The average Bonchev–Trinajstić information content (AvgIpc) is 2.70. The number of hydrogen-bond acceptors (Lipinski definition) is 6. The van der Waals surface area contributed by atoms with Crippen molar-refractivity contribution < 1.29 is 28.7 Å². The van der Waals surface area contributed by atoms with Gasteiger partial charge >= 0.3 is 5.97 Å². The third-order valence-corrected chi connectivity index (χ3v) is 3.89. The second-order valence-electron chi connectivity index (χ2n) is 6.00. The van der Waals surface area contributed by atoms with Crippen molar-refractivity contribution in [2.75, 3.05) is 19.0 Å². The lowest BCUT2D eigenvalue weighted by Gasteiger charge is -2.07. The number of Topliss-reactive ketones (excluding diaryl/α,β-unsaturated/α-hetero) is 2. The molecule has 0 bridgehead atoms. The predicted molar refractivity (Wildman–Crippen MR) is 103 cm³/mol. The number of esters is 1. The summed E-state index contributed by atoms with van der Waals surface area (Å²) in [6, 6.07) is 13.0. The third kappa shape index (κ3) is 6.35. The standard InChI is InChI=1S/C21H21NO6/c1-14(23)15-6-8-17(9-7-15)22-20(25)10-11-21(26)28-13-19(24)16-4-3-5-18(12-16)27-2/h3-9,12H,10-11,13H2,1-2H3,(H,22,25). The Bertz CT molecular complexity index is 873. The number of hydrogen-bond donors (Lipinski definition) is 1. The Hall–Kier alpha value is -3.48. The zero-order chi connectivity index (χ0) is 20.5. The van der Waals surface area contributed by atoms with Crippen LogP contribution in [0.25, 0.3) is 0 Å². The highest BCUT2D eigenvalue weighted by Crippen LogP contribution is 2.13. The number of anilines is 1. The normalized spacial score (nSPS) is 10.1. The Morgan fingerprint density at radius 2 is 1.64 bits per heavy atom. The number of carbonyl (C=O) groups is 4. The minimum absolute atomic E-state index is 0.0656. The quantitative estimate of drug-likeness (QED) is 0.528. The van der Waals surface area contributed by atoms with Crippen LogP contribution in [0.1, 0.15) is 40.5 Å². The molecule has 0 fully saturated rings. The molecule has 1 amide bonds. The van der Waals surface area contributed by atoms with Crippen molar-refractivity contribution in [2.45, 2.75) is 19.8 Å². The van der Waals surface area contributed by atoms with Gasteiger partial charge in [0.1, 0.15) is 5.75 Å². The fraction of sp³-hybridized carbons (Fsp3) is 0.238. The van der Waals surface area contributed by atoms with Gasteiger partial charge in [-0.2, -0.15) is 0 Å². The number of benzene rings is 2. The molecular formula is C21H21NO6. The molecule has 0 heterocycles. The van der Waals surface area contributed by atoms with E-state index < -0.39 is 12.6 Å². The van der Waals surface area contributed by atoms with Crippen molar-refractivity contribution in [1.29, 1.82) is 0 Å². The first kappa shape index (κ1) is 20.8. The summed E-state index contributed by atoms with van der Waals surface area (Å²) in [5.41, 5.74) is 1.44. The number of ketones is 2. The summed E-state index contributed by atoms with van der Waals surface area (Å²) in [6.45, 7) is 1.05. The minimum Gasteiger partial charge on any atom is -0.497 e. The number of carbonyl (C=O) groups excluding carboxylic acids is 4. The number of amides is 1. The summed E-state index contributed by atoms with van der Waals surface area (Å²) in [6.07, 6.45) is -0.233. The van der Waals surface area contributed by atoms with Crippen LogP contribution in [0.2, 0.25) is 0 Å². The fourth-order valence-electron chi connectivity index (χ4n) is 2.33. The van der Waals surface area contributed by atoms with Gasteiger partial charge in [0.05, 0.1) is 13.5 Å². The largest absolute Gasteiger partial charge is 0.497 e. The highest BCUT2D eigenvalue weighted by molar-refractivity contribution is 5.98. The molecule has 2 aromatic rings. The van der Waals surface area contributed by atoms with Crippen molar-refractivity contribution in [3.8, 4) is 5.75 Å². The SMILES string of the molecule is COc1cccc(C(=O)COC(=O)CCC(=O)Nc2ccc(C(C)=O)cc2)c1. The van der Waals surface area contributed by atoms with Gasteiger partial charge in [-0.15, -0.1) is 0 Å². The number of rotatable bonds is 9. The van der Waals surface area contributed by atoms with E-state index in [-0.39, 0.29) is 30.3 Å². The Kier molecular flexibility index (Phi) is 7.45. The zero-order valence-electron chi connectivity index (χ0n) is 15.7. The second kappa shape index (κ2) is 10.0. The maximum atomic E-state index is 12.0. The van der Waals surface area contributed by atoms with Gasteiger partial charge in [0.2, 0.25) is 5.91 Å². The third-order valence-electron chi connectivity index (χ3n) is 3.89. The van der Waals surface area contributed by atoms with Crippen LogP contribution in [0.3, 0.4) is 0 Å². The lowest BCUT2D eigenvalue weighted by molar-refractivity contribution is -0.143. The lowest BCUT2D eigenvalue weighted by atomic mass is 10.1. The molecule has 28 heavy (non-hydrogen) atoms. The van der Waals surface area contributed by atoms with Gasteiger partial charge in [0.15, 0.2) is 18.2 Å². The van der Waals surface area contributed by atoms with Crippen molar-refractivity contribution >= 4 is 29.1 Å². The summed E-state index contributed by atoms with van der Waals surface area (Å²) < 4.78 is 9.97. The van der Waals surface area contributed by atoms with E-state index in [9.17, 15) is 19.2 Å². The van der Waals surface area contributed by atoms with E-state index in [1.165, 1.54) is 14.0 Å². The van der Waals surface area contributed by atoms with Crippen molar-refractivity contribution in [3.05, 3.63) is 59.7 Å². The fourth-order valence-corrected chi connectivity index (χ4v) is 2.33. The summed E-state index contributed by atoms with van der Waals surface area (Å²) in [4.78, 5) is 46.9. The molecule has 146 valence electrons. The zero-order valence-corrected chi connectivity index (χ0v) is 15.7. The van der Waals surface area contributed by atoms with Gasteiger partial charge in [-0.05, 0) is 43.3 Å². The Labute approximate surface area is 162 Å². The molecule has 0 unspecified atom stereocenters. The molecule has 0 spiro atoms. The highest BCUT2D eigenvalue weighted by Gasteiger charge is 2.13. The van der Waals surface area contributed by atoms with E-state index in [1.807, 2.05) is 0 Å². The van der Waals surface area contributed by atoms with Crippen LogP contribution >= 0.6 is 0 Å². The first-order valence-corrected chi connectivity index (χ1v) is 8.63. The highest BCUT2D eigenvalue weighted by atomic mass is 16.5.